The number of piperidine rings is 1. The SMILES string of the molecule is CCCCCN1CCC(c2c(N)sc3ccc(S(=O)(=O)N(C(C)C)C(C)C)cc23)CC1. The summed E-state index contributed by atoms with van der Waals surface area (Å²) in [5.41, 5.74) is 7.65. The average molecular weight is 466 g/mol. The molecule has 5 nitrogen and oxygen atoms in total. The van der Waals surface area contributed by atoms with Crippen molar-refractivity contribution in [3.05, 3.63) is 23.8 Å². The second kappa shape index (κ2) is 10.2. The van der Waals surface area contributed by atoms with Crippen LogP contribution in [0.15, 0.2) is 23.1 Å². The highest BCUT2D eigenvalue weighted by molar-refractivity contribution is 7.89. The van der Waals surface area contributed by atoms with E-state index in [2.05, 4.69) is 11.8 Å². The minimum Gasteiger partial charge on any atom is -0.390 e. The van der Waals surface area contributed by atoms with E-state index in [9.17, 15) is 8.42 Å². The minimum absolute atomic E-state index is 0.0928. The third kappa shape index (κ3) is 5.27. The molecule has 1 aliphatic heterocycles. The van der Waals surface area contributed by atoms with Gasteiger partial charge in [-0.2, -0.15) is 4.31 Å². The molecule has 0 spiro atoms. The Kier molecular flexibility index (Phi) is 8.05. The van der Waals surface area contributed by atoms with Crippen LogP contribution in [-0.4, -0.2) is 49.3 Å². The molecule has 2 N–H and O–H groups in total. The van der Waals surface area contributed by atoms with E-state index in [4.69, 9.17) is 5.73 Å². The quantitative estimate of drug-likeness (QED) is 0.485. The van der Waals surface area contributed by atoms with Gasteiger partial charge in [-0.05, 0) is 102 Å². The highest BCUT2D eigenvalue weighted by Gasteiger charge is 2.31. The molecule has 1 saturated heterocycles. The Hall–Kier alpha value is -1.15. The molecule has 3 rings (SSSR count). The first-order valence-electron chi connectivity index (χ1n) is 11.7. The van der Waals surface area contributed by atoms with Gasteiger partial charge < -0.3 is 10.6 Å². The molecule has 0 radical (unpaired) electrons. The summed E-state index contributed by atoms with van der Waals surface area (Å²) >= 11 is 1.59. The number of sulfonamides is 1. The Morgan fingerprint density at radius 1 is 1.13 bits per heavy atom. The summed E-state index contributed by atoms with van der Waals surface area (Å²) in [6.07, 6.45) is 5.99. The van der Waals surface area contributed by atoms with Gasteiger partial charge in [0, 0.05) is 16.8 Å². The zero-order valence-electron chi connectivity index (χ0n) is 19.7. The molecule has 1 fully saturated rings. The van der Waals surface area contributed by atoms with Gasteiger partial charge in [0.15, 0.2) is 0 Å². The fourth-order valence-electron chi connectivity index (χ4n) is 5.00. The van der Waals surface area contributed by atoms with Crippen molar-refractivity contribution >= 4 is 36.4 Å². The van der Waals surface area contributed by atoms with E-state index in [0.717, 1.165) is 41.0 Å². The van der Waals surface area contributed by atoms with E-state index in [1.807, 2.05) is 39.8 Å². The maximum Gasteiger partial charge on any atom is 0.243 e. The molecule has 1 aromatic heterocycles. The summed E-state index contributed by atoms with van der Waals surface area (Å²) in [4.78, 5) is 2.94. The van der Waals surface area contributed by atoms with E-state index < -0.39 is 10.0 Å². The second-order valence-corrected chi connectivity index (χ2v) is 12.3. The van der Waals surface area contributed by atoms with Crippen LogP contribution in [0, 0.1) is 0 Å². The van der Waals surface area contributed by atoms with Crippen LogP contribution >= 0.6 is 11.3 Å². The van der Waals surface area contributed by atoms with Gasteiger partial charge in [0.25, 0.3) is 0 Å². The van der Waals surface area contributed by atoms with Crippen molar-refractivity contribution in [1.29, 1.82) is 0 Å². The van der Waals surface area contributed by atoms with Crippen molar-refractivity contribution in [3.63, 3.8) is 0 Å². The van der Waals surface area contributed by atoms with Gasteiger partial charge in [0.1, 0.15) is 0 Å². The van der Waals surface area contributed by atoms with Crippen molar-refractivity contribution in [2.75, 3.05) is 25.4 Å². The molecule has 0 aliphatic carbocycles. The molecule has 0 unspecified atom stereocenters. The monoisotopic (exact) mass is 465 g/mol. The van der Waals surface area contributed by atoms with Crippen LogP contribution in [0.1, 0.15) is 78.2 Å². The molecule has 1 aliphatic rings. The molecular weight excluding hydrogens is 426 g/mol. The predicted octanol–water partition coefficient (Wildman–Crippen LogP) is 5.66. The summed E-state index contributed by atoms with van der Waals surface area (Å²) in [6.45, 7) is 13.3. The zero-order chi connectivity index (χ0) is 22.8. The molecule has 7 heteroatoms. The molecule has 2 heterocycles. The van der Waals surface area contributed by atoms with Gasteiger partial charge in [-0.3, -0.25) is 0 Å². The van der Waals surface area contributed by atoms with Crippen molar-refractivity contribution < 1.29 is 8.42 Å². The Labute approximate surface area is 192 Å². The fourth-order valence-corrected chi connectivity index (χ4v) is 7.90. The maximum atomic E-state index is 13.4. The van der Waals surface area contributed by atoms with Crippen molar-refractivity contribution in [3.8, 4) is 0 Å². The summed E-state index contributed by atoms with van der Waals surface area (Å²) in [6, 6.07) is 5.37. The normalized spacial score (nSPS) is 16.9. The lowest BCUT2D eigenvalue weighted by Gasteiger charge is -2.32. The van der Waals surface area contributed by atoms with E-state index >= 15 is 0 Å². The molecule has 1 aromatic carbocycles. The van der Waals surface area contributed by atoms with E-state index in [1.54, 1.807) is 21.7 Å². The lowest BCUT2D eigenvalue weighted by Crippen LogP contribution is -2.41. The van der Waals surface area contributed by atoms with Crippen molar-refractivity contribution in [1.82, 2.24) is 9.21 Å². The number of nitrogen functional groups attached to an aromatic ring is 1. The number of fused-ring (bicyclic) bond motifs is 1. The minimum atomic E-state index is -3.56. The van der Waals surface area contributed by atoms with Crippen LogP contribution in [0.25, 0.3) is 10.1 Å². The number of anilines is 1. The van der Waals surface area contributed by atoms with Crippen LogP contribution in [-0.2, 0) is 10.0 Å². The highest BCUT2D eigenvalue weighted by Crippen LogP contribution is 2.43. The van der Waals surface area contributed by atoms with Gasteiger partial charge in [-0.1, -0.05) is 19.8 Å². The van der Waals surface area contributed by atoms with Gasteiger partial charge >= 0.3 is 0 Å². The van der Waals surface area contributed by atoms with Crippen molar-refractivity contribution in [2.45, 2.75) is 89.6 Å². The highest BCUT2D eigenvalue weighted by atomic mass is 32.2. The van der Waals surface area contributed by atoms with E-state index in [0.29, 0.717) is 10.8 Å². The summed E-state index contributed by atoms with van der Waals surface area (Å²) < 4.78 is 29.5. The summed E-state index contributed by atoms with van der Waals surface area (Å²) in [5, 5.41) is 1.87. The van der Waals surface area contributed by atoms with Crippen LogP contribution in [0.5, 0.6) is 0 Å². The number of unbranched alkanes of at least 4 members (excludes halogenated alkanes) is 2. The molecule has 31 heavy (non-hydrogen) atoms. The number of nitrogens with zero attached hydrogens (tertiary/aromatic N) is 2. The van der Waals surface area contributed by atoms with Gasteiger partial charge in [0.05, 0.1) is 9.90 Å². The van der Waals surface area contributed by atoms with Gasteiger partial charge in [-0.25, -0.2) is 8.42 Å². The maximum absolute atomic E-state index is 13.4. The first-order valence-corrected chi connectivity index (χ1v) is 14.0. The molecule has 0 atom stereocenters. The standard InChI is InChI=1S/C24H39N3O2S2/c1-6-7-8-13-26-14-11-19(12-15-26)23-21-16-20(9-10-22(21)30-24(23)25)31(28,29)27(17(2)3)18(4)5/h9-10,16-19H,6-8,11-15,25H2,1-5H3. The molecule has 174 valence electrons. The third-order valence-corrected chi connectivity index (χ3v) is 9.66. The number of benzene rings is 1. The Balaban J connectivity index is 1.89. The number of likely N-dealkylation sites (tertiary alicyclic amines) is 1. The van der Waals surface area contributed by atoms with Gasteiger partial charge in [-0.15, -0.1) is 11.3 Å². The lowest BCUT2D eigenvalue weighted by atomic mass is 9.88. The summed E-state index contributed by atoms with van der Waals surface area (Å²) in [7, 11) is -3.56. The van der Waals surface area contributed by atoms with Crippen LogP contribution in [0.2, 0.25) is 0 Å². The smallest absolute Gasteiger partial charge is 0.243 e. The molecular formula is C24H39N3O2S2. The molecule has 0 saturated carbocycles. The number of hydrogen-bond donors (Lipinski definition) is 1. The number of hydrogen-bond acceptors (Lipinski definition) is 5. The average Bonchev–Trinajstić information content (AvgIpc) is 3.02. The first-order chi connectivity index (χ1) is 14.7. The van der Waals surface area contributed by atoms with Crippen LogP contribution in [0.4, 0.5) is 5.00 Å². The topological polar surface area (TPSA) is 66.6 Å². The van der Waals surface area contributed by atoms with E-state index in [-0.39, 0.29) is 12.1 Å². The molecule has 0 bridgehead atoms. The largest absolute Gasteiger partial charge is 0.390 e. The van der Waals surface area contributed by atoms with E-state index in [1.165, 1.54) is 31.4 Å². The zero-order valence-corrected chi connectivity index (χ0v) is 21.4. The summed E-state index contributed by atoms with van der Waals surface area (Å²) in [5.74, 6) is 0.403. The number of thiophene rings is 1. The Morgan fingerprint density at radius 3 is 2.35 bits per heavy atom. The van der Waals surface area contributed by atoms with Gasteiger partial charge in [0.2, 0.25) is 10.0 Å². The number of rotatable bonds is 9. The molecule has 0 amide bonds. The Morgan fingerprint density at radius 2 is 1.77 bits per heavy atom. The fraction of sp³-hybridized carbons (Fsp3) is 0.667. The van der Waals surface area contributed by atoms with Crippen molar-refractivity contribution in [2.24, 2.45) is 0 Å². The predicted molar refractivity (Wildman–Crippen MR) is 133 cm³/mol. The van der Waals surface area contributed by atoms with Crippen LogP contribution in [0.3, 0.4) is 0 Å². The third-order valence-electron chi connectivity index (χ3n) is 6.39. The second-order valence-electron chi connectivity index (χ2n) is 9.38. The Bertz CT molecular complexity index is 966. The molecule has 2 aromatic rings. The first kappa shape index (κ1) is 24.5. The number of nitrogens with two attached hydrogens (primary N) is 1. The lowest BCUT2D eigenvalue weighted by molar-refractivity contribution is 0.209. The van der Waals surface area contributed by atoms with Crippen LogP contribution < -0.4 is 5.73 Å².